The lowest BCUT2D eigenvalue weighted by Gasteiger charge is -2.19. The normalized spacial score (nSPS) is 10.6. The molecular formula is C8H19N3O3. The van der Waals surface area contributed by atoms with Gasteiger partial charge in [-0.15, -0.1) is 0 Å². The van der Waals surface area contributed by atoms with Crippen LogP contribution in [0.1, 0.15) is 0 Å². The maximum absolute atomic E-state index is 11.2. The average molecular weight is 205 g/mol. The molecule has 0 aromatic heterocycles. The second-order valence-corrected chi connectivity index (χ2v) is 2.86. The Morgan fingerprint density at radius 3 is 2.29 bits per heavy atom. The molecule has 0 aliphatic heterocycles. The SMILES string of the molecule is NCCNC(=O)CN(CCO)CCO. The fourth-order valence-corrected chi connectivity index (χ4v) is 1.02. The van der Waals surface area contributed by atoms with Crippen LogP contribution in [0.15, 0.2) is 0 Å². The third-order valence-corrected chi connectivity index (χ3v) is 1.67. The quantitative estimate of drug-likeness (QED) is 0.347. The summed E-state index contributed by atoms with van der Waals surface area (Å²) in [5, 5.41) is 20.0. The van der Waals surface area contributed by atoms with E-state index in [0.717, 1.165) is 0 Å². The minimum atomic E-state index is -0.141. The van der Waals surface area contributed by atoms with Crippen molar-refractivity contribution in [3.63, 3.8) is 0 Å². The molecule has 5 N–H and O–H groups in total. The number of nitrogens with two attached hydrogens (primary N) is 1. The highest BCUT2D eigenvalue weighted by atomic mass is 16.3. The largest absolute Gasteiger partial charge is 0.395 e. The molecule has 0 rings (SSSR count). The van der Waals surface area contributed by atoms with Crippen LogP contribution in [0.4, 0.5) is 0 Å². The summed E-state index contributed by atoms with van der Waals surface area (Å²) in [5.41, 5.74) is 5.22. The van der Waals surface area contributed by atoms with Crippen LogP contribution < -0.4 is 11.1 Å². The highest BCUT2D eigenvalue weighted by molar-refractivity contribution is 5.77. The van der Waals surface area contributed by atoms with Crippen LogP contribution in [0.3, 0.4) is 0 Å². The van der Waals surface area contributed by atoms with E-state index in [1.54, 1.807) is 4.90 Å². The summed E-state index contributed by atoms with van der Waals surface area (Å²) < 4.78 is 0. The second-order valence-electron chi connectivity index (χ2n) is 2.86. The first-order chi connectivity index (χ1) is 6.74. The zero-order chi connectivity index (χ0) is 10.8. The highest BCUT2D eigenvalue weighted by Gasteiger charge is 2.08. The number of hydrogen-bond donors (Lipinski definition) is 4. The van der Waals surface area contributed by atoms with Gasteiger partial charge in [0.2, 0.25) is 5.91 Å². The van der Waals surface area contributed by atoms with E-state index < -0.39 is 0 Å². The molecule has 0 saturated heterocycles. The minimum absolute atomic E-state index is 0.0236. The van der Waals surface area contributed by atoms with Gasteiger partial charge in [-0.3, -0.25) is 9.69 Å². The van der Waals surface area contributed by atoms with Gasteiger partial charge in [0.05, 0.1) is 19.8 Å². The van der Waals surface area contributed by atoms with Gasteiger partial charge in [0, 0.05) is 26.2 Å². The zero-order valence-electron chi connectivity index (χ0n) is 8.28. The van der Waals surface area contributed by atoms with Crippen LogP contribution in [0.5, 0.6) is 0 Å². The Balaban J connectivity index is 3.71. The van der Waals surface area contributed by atoms with Crippen LogP contribution in [-0.2, 0) is 4.79 Å². The molecule has 0 aliphatic rings. The molecule has 0 radical (unpaired) electrons. The predicted molar refractivity (Wildman–Crippen MR) is 52.7 cm³/mol. The summed E-state index contributed by atoms with van der Waals surface area (Å²) in [5.74, 6) is -0.141. The van der Waals surface area contributed by atoms with Crippen molar-refractivity contribution < 1.29 is 15.0 Å². The highest BCUT2D eigenvalue weighted by Crippen LogP contribution is 1.86. The molecule has 6 nitrogen and oxygen atoms in total. The van der Waals surface area contributed by atoms with Gasteiger partial charge < -0.3 is 21.3 Å². The lowest BCUT2D eigenvalue weighted by molar-refractivity contribution is -0.122. The first kappa shape index (κ1) is 13.3. The fourth-order valence-electron chi connectivity index (χ4n) is 1.02. The van der Waals surface area contributed by atoms with E-state index in [1.165, 1.54) is 0 Å². The number of carbonyl (C=O) groups is 1. The van der Waals surface area contributed by atoms with Crippen LogP contribution in [0.25, 0.3) is 0 Å². The van der Waals surface area contributed by atoms with E-state index in [2.05, 4.69) is 5.32 Å². The van der Waals surface area contributed by atoms with Crippen molar-refractivity contribution in [3.8, 4) is 0 Å². The first-order valence-corrected chi connectivity index (χ1v) is 4.65. The van der Waals surface area contributed by atoms with Gasteiger partial charge in [-0.2, -0.15) is 0 Å². The zero-order valence-corrected chi connectivity index (χ0v) is 8.28. The van der Waals surface area contributed by atoms with E-state index in [-0.39, 0.29) is 25.7 Å². The van der Waals surface area contributed by atoms with Crippen molar-refractivity contribution in [2.75, 3.05) is 45.9 Å². The lowest BCUT2D eigenvalue weighted by Crippen LogP contribution is -2.41. The van der Waals surface area contributed by atoms with E-state index in [4.69, 9.17) is 15.9 Å². The third-order valence-electron chi connectivity index (χ3n) is 1.67. The van der Waals surface area contributed by atoms with Gasteiger partial charge in [-0.25, -0.2) is 0 Å². The van der Waals surface area contributed by atoms with Crippen molar-refractivity contribution >= 4 is 5.91 Å². The minimum Gasteiger partial charge on any atom is -0.395 e. The molecule has 0 aromatic carbocycles. The molecule has 0 aliphatic carbocycles. The van der Waals surface area contributed by atoms with Crippen LogP contribution in [-0.4, -0.2) is 67.0 Å². The molecule has 6 heteroatoms. The average Bonchev–Trinajstić information content (AvgIpc) is 2.15. The topological polar surface area (TPSA) is 98.8 Å². The number of nitrogens with zero attached hydrogens (tertiary/aromatic N) is 1. The lowest BCUT2D eigenvalue weighted by atomic mass is 10.4. The van der Waals surface area contributed by atoms with Gasteiger partial charge in [-0.05, 0) is 0 Å². The third kappa shape index (κ3) is 6.79. The molecule has 0 saturated carbocycles. The maximum atomic E-state index is 11.2. The van der Waals surface area contributed by atoms with E-state index in [1.807, 2.05) is 0 Å². The van der Waals surface area contributed by atoms with Crippen molar-refractivity contribution in [2.45, 2.75) is 0 Å². The van der Waals surface area contributed by atoms with Crippen molar-refractivity contribution in [3.05, 3.63) is 0 Å². The van der Waals surface area contributed by atoms with Crippen molar-refractivity contribution in [1.29, 1.82) is 0 Å². The fraction of sp³-hybridized carbons (Fsp3) is 0.875. The summed E-state index contributed by atoms with van der Waals surface area (Å²) in [6, 6.07) is 0. The molecule has 0 aromatic rings. The number of hydrogen-bond acceptors (Lipinski definition) is 5. The number of carbonyl (C=O) groups excluding carboxylic acids is 1. The molecule has 0 spiro atoms. The van der Waals surface area contributed by atoms with E-state index >= 15 is 0 Å². The Hall–Kier alpha value is -0.690. The maximum Gasteiger partial charge on any atom is 0.234 e. The summed E-state index contributed by atoms with van der Waals surface area (Å²) in [4.78, 5) is 12.9. The molecule has 84 valence electrons. The Kier molecular flexibility index (Phi) is 8.45. The molecule has 14 heavy (non-hydrogen) atoms. The molecule has 0 fully saturated rings. The van der Waals surface area contributed by atoms with Crippen LogP contribution in [0, 0.1) is 0 Å². The van der Waals surface area contributed by atoms with E-state index in [0.29, 0.717) is 26.2 Å². The van der Waals surface area contributed by atoms with Gasteiger partial charge in [0.1, 0.15) is 0 Å². The summed E-state index contributed by atoms with van der Waals surface area (Å²) >= 11 is 0. The Morgan fingerprint density at radius 2 is 1.86 bits per heavy atom. The molecular weight excluding hydrogens is 186 g/mol. The number of aliphatic hydroxyl groups excluding tert-OH is 2. The Labute approximate surface area is 83.7 Å². The van der Waals surface area contributed by atoms with Crippen LogP contribution in [0.2, 0.25) is 0 Å². The van der Waals surface area contributed by atoms with Gasteiger partial charge in [0.25, 0.3) is 0 Å². The monoisotopic (exact) mass is 205 g/mol. The summed E-state index contributed by atoms with van der Waals surface area (Å²) in [7, 11) is 0. The number of aliphatic hydroxyl groups is 2. The Morgan fingerprint density at radius 1 is 1.29 bits per heavy atom. The first-order valence-electron chi connectivity index (χ1n) is 4.65. The number of amides is 1. The molecule has 0 bridgehead atoms. The van der Waals surface area contributed by atoms with Crippen LogP contribution >= 0.6 is 0 Å². The summed E-state index contributed by atoms with van der Waals surface area (Å²) in [6.07, 6.45) is 0. The standard InChI is InChI=1S/C8H19N3O3/c9-1-2-10-8(14)7-11(3-5-12)4-6-13/h12-13H,1-7,9H2,(H,10,14). The van der Waals surface area contributed by atoms with E-state index in [9.17, 15) is 4.79 Å². The summed E-state index contributed by atoms with van der Waals surface area (Å²) in [6.45, 7) is 1.76. The van der Waals surface area contributed by atoms with Crippen molar-refractivity contribution in [1.82, 2.24) is 10.2 Å². The van der Waals surface area contributed by atoms with Crippen molar-refractivity contribution in [2.24, 2.45) is 5.73 Å². The number of rotatable bonds is 8. The smallest absolute Gasteiger partial charge is 0.234 e. The van der Waals surface area contributed by atoms with Gasteiger partial charge in [-0.1, -0.05) is 0 Å². The Bertz CT molecular complexity index is 149. The van der Waals surface area contributed by atoms with Gasteiger partial charge in [0.15, 0.2) is 0 Å². The van der Waals surface area contributed by atoms with Gasteiger partial charge >= 0.3 is 0 Å². The molecule has 0 atom stereocenters. The molecule has 1 amide bonds. The predicted octanol–water partition coefficient (Wildman–Crippen LogP) is -2.65. The molecule has 0 heterocycles. The number of nitrogens with one attached hydrogen (secondary N) is 1. The molecule has 0 unspecified atom stereocenters. The second kappa shape index (κ2) is 8.89.